The Morgan fingerprint density at radius 3 is 3.16 bits per heavy atom. The minimum absolute atomic E-state index is 0.243. The van der Waals surface area contributed by atoms with Gasteiger partial charge < -0.3 is 10.5 Å². The molecule has 1 amide bonds. The molecule has 0 aliphatic carbocycles. The number of nitrogens with two attached hydrogens (primary N) is 1. The number of rotatable bonds is 6. The molecule has 19 heavy (non-hydrogen) atoms. The summed E-state index contributed by atoms with van der Waals surface area (Å²) in [5, 5.41) is 6.93. The topological polar surface area (TPSA) is 84.2 Å². The summed E-state index contributed by atoms with van der Waals surface area (Å²) in [5.41, 5.74) is 6.10. The molecule has 1 aromatic rings. The van der Waals surface area contributed by atoms with Gasteiger partial charge in [-0.2, -0.15) is 5.10 Å². The van der Waals surface area contributed by atoms with E-state index in [0.29, 0.717) is 12.8 Å². The zero-order chi connectivity index (χ0) is 13.7. The van der Waals surface area contributed by atoms with Crippen molar-refractivity contribution in [2.75, 3.05) is 20.2 Å². The van der Waals surface area contributed by atoms with Crippen LogP contribution >= 0.6 is 0 Å². The minimum atomic E-state index is -0.262. The monoisotopic (exact) mass is 266 g/mol. The molecule has 0 unspecified atom stereocenters. The van der Waals surface area contributed by atoms with Crippen molar-refractivity contribution >= 4 is 5.91 Å². The number of nitrogens with zero attached hydrogens (tertiary/aromatic N) is 2. The Morgan fingerprint density at radius 2 is 2.53 bits per heavy atom. The smallest absolute Gasteiger partial charge is 0.217 e. The van der Waals surface area contributed by atoms with Gasteiger partial charge in [-0.1, -0.05) is 0 Å². The molecule has 0 aromatic carbocycles. The van der Waals surface area contributed by atoms with Gasteiger partial charge in [-0.05, 0) is 31.9 Å². The summed E-state index contributed by atoms with van der Waals surface area (Å²) < 4.78 is 5.70. The molecule has 2 heterocycles. The first-order valence-corrected chi connectivity index (χ1v) is 6.68. The second-order valence-electron chi connectivity index (χ2n) is 5.25. The lowest BCUT2D eigenvalue weighted by atomic mass is 9.87. The molecular formula is C13H22N4O2. The molecule has 3 N–H and O–H groups in total. The Bertz CT molecular complexity index is 407. The maximum Gasteiger partial charge on any atom is 0.217 e. The normalized spacial score (nSPS) is 24.5. The molecule has 1 saturated heterocycles. The van der Waals surface area contributed by atoms with Crippen LogP contribution in [0.2, 0.25) is 0 Å². The number of carbonyl (C=O) groups excluding carboxylic acids is 1. The van der Waals surface area contributed by atoms with Crippen LogP contribution < -0.4 is 5.73 Å². The SMILES string of the molecule is CO[C@]1(CCC(N)=O)CCCN(Cc2ccn[nH]2)C1. The highest BCUT2D eigenvalue weighted by Crippen LogP contribution is 2.29. The molecule has 1 atom stereocenters. The Morgan fingerprint density at radius 1 is 1.68 bits per heavy atom. The number of aromatic nitrogens is 2. The molecule has 0 radical (unpaired) electrons. The van der Waals surface area contributed by atoms with E-state index >= 15 is 0 Å². The number of hydrogen-bond acceptors (Lipinski definition) is 4. The van der Waals surface area contributed by atoms with Crippen LogP contribution in [0.15, 0.2) is 12.3 Å². The van der Waals surface area contributed by atoms with Crippen LogP contribution in [-0.2, 0) is 16.1 Å². The summed E-state index contributed by atoms with van der Waals surface area (Å²) >= 11 is 0. The Hall–Kier alpha value is -1.40. The number of aromatic amines is 1. The van der Waals surface area contributed by atoms with Crippen molar-refractivity contribution in [2.45, 2.75) is 37.8 Å². The summed E-state index contributed by atoms with van der Waals surface area (Å²) in [6.07, 6.45) is 4.89. The first-order valence-electron chi connectivity index (χ1n) is 6.68. The Kier molecular flexibility index (Phi) is 4.55. The number of nitrogens with one attached hydrogen (secondary N) is 1. The highest BCUT2D eigenvalue weighted by atomic mass is 16.5. The number of likely N-dealkylation sites (tertiary alicyclic amines) is 1. The van der Waals surface area contributed by atoms with Crippen LogP contribution in [0.25, 0.3) is 0 Å². The lowest BCUT2D eigenvalue weighted by Gasteiger charge is -2.41. The quantitative estimate of drug-likeness (QED) is 0.792. The fourth-order valence-corrected chi connectivity index (χ4v) is 2.76. The molecule has 1 fully saturated rings. The number of ether oxygens (including phenoxy) is 1. The highest BCUT2D eigenvalue weighted by Gasteiger charge is 2.35. The molecule has 0 spiro atoms. The van der Waals surface area contributed by atoms with Crippen molar-refractivity contribution in [1.82, 2.24) is 15.1 Å². The van der Waals surface area contributed by atoms with Crippen molar-refractivity contribution in [2.24, 2.45) is 5.73 Å². The van der Waals surface area contributed by atoms with E-state index in [4.69, 9.17) is 10.5 Å². The van der Waals surface area contributed by atoms with Crippen molar-refractivity contribution in [1.29, 1.82) is 0 Å². The molecule has 0 saturated carbocycles. The average Bonchev–Trinajstić information content (AvgIpc) is 2.90. The van der Waals surface area contributed by atoms with Crippen LogP contribution in [0, 0.1) is 0 Å². The van der Waals surface area contributed by atoms with Crippen LogP contribution in [0.4, 0.5) is 0 Å². The van der Waals surface area contributed by atoms with Gasteiger partial charge in [-0.25, -0.2) is 0 Å². The van der Waals surface area contributed by atoms with Gasteiger partial charge in [-0.3, -0.25) is 14.8 Å². The minimum Gasteiger partial charge on any atom is -0.377 e. The number of hydrogen-bond donors (Lipinski definition) is 2. The zero-order valence-electron chi connectivity index (χ0n) is 11.4. The van der Waals surface area contributed by atoms with Crippen LogP contribution in [0.5, 0.6) is 0 Å². The lowest BCUT2D eigenvalue weighted by Crippen LogP contribution is -2.49. The van der Waals surface area contributed by atoms with Crippen molar-refractivity contribution in [3.63, 3.8) is 0 Å². The van der Waals surface area contributed by atoms with Crippen molar-refractivity contribution < 1.29 is 9.53 Å². The molecule has 2 rings (SSSR count). The zero-order valence-corrected chi connectivity index (χ0v) is 11.4. The third-order valence-corrected chi connectivity index (χ3v) is 3.83. The maximum absolute atomic E-state index is 11.0. The molecule has 1 aliphatic rings. The van der Waals surface area contributed by atoms with E-state index in [1.807, 2.05) is 6.07 Å². The number of primary amides is 1. The second-order valence-corrected chi connectivity index (χ2v) is 5.25. The largest absolute Gasteiger partial charge is 0.377 e. The van der Waals surface area contributed by atoms with E-state index in [-0.39, 0.29) is 11.5 Å². The highest BCUT2D eigenvalue weighted by molar-refractivity contribution is 5.73. The summed E-state index contributed by atoms with van der Waals surface area (Å²) in [6, 6.07) is 1.98. The van der Waals surface area contributed by atoms with Crippen LogP contribution in [0.1, 0.15) is 31.4 Å². The van der Waals surface area contributed by atoms with Gasteiger partial charge in [0.25, 0.3) is 0 Å². The Balaban J connectivity index is 1.95. The first-order chi connectivity index (χ1) is 9.13. The molecule has 1 aromatic heterocycles. The molecule has 106 valence electrons. The predicted octanol–water partition coefficient (Wildman–Crippen LogP) is 0.656. The van der Waals surface area contributed by atoms with Gasteiger partial charge in [0.15, 0.2) is 0 Å². The summed E-state index contributed by atoms with van der Waals surface area (Å²) in [5.74, 6) is -0.262. The summed E-state index contributed by atoms with van der Waals surface area (Å²) in [7, 11) is 1.72. The lowest BCUT2D eigenvalue weighted by molar-refractivity contribution is -0.121. The number of methoxy groups -OCH3 is 1. The van der Waals surface area contributed by atoms with Gasteiger partial charge >= 0.3 is 0 Å². The van der Waals surface area contributed by atoms with E-state index in [2.05, 4.69) is 15.1 Å². The molecular weight excluding hydrogens is 244 g/mol. The van der Waals surface area contributed by atoms with E-state index in [9.17, 15) is 4.79 Å². The number of piperidine rings is 1. The number of carbonyl (C=O) groups is 1. The van der Waals surface area contributed by atoms with Crippen molar-refractivity contribution in [3.05, 3.63) is 18.0 Å². The second kappa shape index (κ2) is 6.16. The van der Waals surface area contributed by atoms with Gasteiger partial charge in [-0.15, -0.1) is 0 Å². The fourth-order valence-electron chi connectivity index (χ4n) is 2.76. The Labute approximate surface area is 113 Å². The average molecular weight is 266 g/mol. The summed E-state index contributed by atoms with van der Waals surface area (Å²) in [6.45, 7) is 2.71. The maximum atomic E-state index is 11.0. The van der Waals surface area contributed by atoms with E-state index < -0.39 is 0 Å². The van der Waals surface area contributed by atoms with Gasteiger partial charge in [0.05, 0.1) is 5.60 Å². The molecule has 6 heteroatoms. The summed E-state index contributed by atoms with van der Waals surface area (Å²) in [4.78, 5) is 13.3. The van der Waals surface area contributed by atoms with E-state index in [1.54, 1.807) is 13.3 Å². The van der Waals surface area contributed by atoms with Crippen LogP contribution in [0.3, 0.4) is 0 Å². The third-order valence-electron chi connectivity index (χ3n) is 3.83. The van der Waals surface area contributed by atoms with Gasteiger partial charge in [0.1, 0.15) is 0 Å². The van der Waals surface area contributed by atoms with Gasteiger partial charge in [0, 0.05) is 38.5 Å². The van der Waals surface area contributed by atoms with E-state index in [1.165, 1.54) is 0 Å². The van der Waals surface area contributed by atoms with Gasteiger partial charge in [0.2, 0.25) is 5.91 Å². The third kappa shape index (κ3) is 3.78. The fraction of sp³-hybridized carbons (Fsp3) is 0.692. The number of H-pyrrole nitrogens is 1. The first kappa shape index (κ1) is 14.0. The molecule has 6 nitrogen and oxygen atoms in total. The van der Waals surface area contributed by atoms with E-state index in [0.717, 1.165) is 38.2 Å². The van der Waals surface area contributed by atoms with Crippen molar-refractivity contribution in [3.8, 4) is 0 Å². The predicted molar refractivity (Wildman–Crippen MR) is 71.3 cm³/mol. The standard InChI is InChI=1S/C13H22N4O2/c1-19-13(6-3-12(14)18)5-2-8-17(10-13)9-11-4-7-15-16-11/h4,7H,2-3,5-6,8-10H2,1H3,(H2,14,18)(H,15,16)/t13-/m0/s1. The number of amides is 1. The molecule has 1 aliphatic heterocycles. The molecule has 0 bridgehead atoms. The van der Waals surface area contributed by atoms with Crippen LogP contribution in [-0.4, -0.2) is 46.8 Å².